The van der Waals surface area contributed by atoms with E-state index in [2.05, 4.69) is 35.0 Å². The molecule has 1 aromatic carbocycles. The average Bonchev–Trinajstić information content (AvgIpc) is 2.96. The van der Waals surface area contributed by atoms with Crippen LogP contribution in [0.4, 0.5) is 0 Å². The lowest BCUT2D eigenvalue weighted by Gasteiger charge is -2.36. The highest BCUT2D eigenvalue weighted by Crippen LogP contribution is 2.35. The number of para-hydroxylation sites is 1. The minimum absolute atomic E-state index is 0.306. The summed E-state index contributed by atoms with van der Waals surface area (Å²) >= 11 is 7.33. The zero-order valence-electron chi connectivity index (χ0n) is 11.9. The number of rotatable bonds is 3. The molecular formula is C16H19N3S2. The third kappa shape index (κ3) is 3.09. The predicted molar refractivity (Wildman–Crippen MR) is 93.7 cm³/mol. The van der Waals surface area contributed by atoms with Crippen molar-refractivity contribution in [2.24, 2.45) is 0 Å². The van der Waals surface area contributed by atoms with Gasteiger partial charge in [-0.2, -0.15) is 0 Å². The third-order valence-electron chi connectivity index (χ3n) is 3.76. The maximum atomic E-state index is 5.54. The number of thiazole rings is 1. The second-order valence-electron chi connectivity index (χ2n) is 5.20. The van der Waals surface area contributed by atoms with Gasteiger partial charge in [-0.15, -0.1) is 17.9 Å². The maximum Gasteiger partial charge on any atom is 0.169 e. The molecule has 110 valence electrons. The topological polar surface area (TPSA) is 28.2 Å². The van der Waals surface area contributed by atoms with Gasteiger partial charge in [-0.1, -0.05) is 18.2 Å². The van der Waals surface area contributed by atoms with Gasteiger partial charge in [-0.3, -0.25) is 0 Å². The van der Waals surface area contributed by atoms with Crippen LogP contribution in [0.1, 0.15) is 30.3 Å². The summed E-state index contributed by atoms with van der Waals surface area (Å²) < 4.78 is 1.25. The van der Waals surface area contributed by atoms with Crippen LogP contribution in [0.2, 0.25) is 0 Å². The van der Waals surface area contributed by atoms with Crippen molar-refractivity contribution < 1.29 is 0 Å². The fraction of sp³-hybridized carbons (Fsp3) is 0.375. The summed E-state index contributed by atoms with van der Waals surface area (Å²) in [6.45, 7) is 5.45. The maximum absolute atomic E-state index is 5.54. The van der Waals surface area contributed by atoms with E-state index in [0.717, 1.165) is 23.6 Å². The quantitative estimate of drug-likeness (QED) is 0.687. The molecule has 0 unspecified atom stereocenters. The number of hydrogen-bond donors (Lipinski definition) is 1. The van der Waals surface area contributed by atoms with Crippen molar-refractivity contribution in [3.8, 4) is 0 Å². The van der Waals surface area contributed by atoms with E-state index in [0.29, 0.717) is 12.6 Å². The number of hydrogen-bond acceptors (Lipinski definition) is 3. The fourth-order valence-electron chi connectivity index (χ4n) is 2.72. The van der Waals surface area contributed by atoms with E-state index in [1.165, 1.54) is 22.5 Å². The van der Waals surface area contributed by atoms with E-state index >= 15 is 0 Å². The van der Waals surface area contributed by atoms with Crippen molar-refractivity contribution in [1.29, 1.82) is 0 Å². The second kappa shape index (κ2) is 6.54. The van der Waals surface area contributed by atoms with Crippen molar-refractivity contribution >= 4 is 38.9 Å². The van der Waals surface area contributed by atoms with Crippen LogP contribution in [0.15, 0.2) is 36.9 Å². The van der Waals surface area contributed by atoms with Gasteiger partial charge in [-0.25, -0.2) is 4.98 Å². The lowest BCUT2D eigenvalue weighted by Crippen LogP contribution is -2.44. The van der Waals surface area contributed by atoms with Gasteiger partial charge in [-0.05, 0) is 43.6 Å². The second-order valence-corrected chi connectivity index (χ2v) is 6.65. The summed E-state index contributed by atoms with van der Waals surface area (Å²) in [6.07, 6.45) is 5.39. The minimum atomic E-state index is 0.306. The van der Waals surface area contributed by atoms with Crippen molar-refractivity contribution in [1.82, 2.24) is 15.2 Å². The van der Waals surface area contributed by atoms with Gasteiger partial charge in [0.2, 0.25) is 0 Å². The number of nitrogens with zero attached hydrogens (tertiary/aromatic N) is 2. The molecule has 1 aromatic heterocycles. The number of likely N-dealkylation sites (tertiary alicyclic amines) is 1. The highest BCUT2D eigenvalue weighted by atomic mass is 32.1. The van der Waals surface area contributed by atoms with Crippen LogP contribution in [0, 0.1) is 0 Å². The van der Waals surface area contributed by atoms with Crippen molar-refractivity contribution in [2.45, 2.75) is 25.3 Å². The van der Waals surface area contributed by atoms with Crippen molar-refractivity contribution in [2.75, 3.05) is 13.1 Å². The van der Waals surface area contributed by atoms with Crippen LogP contribution < -0.4 is 5.32 Å². The van der Waals surface area contributed by atoms with Gasteiger partial charge in [0.1, 0.15) is 5.01 Å². The average molecular weight is 317 g/mol. The molecule has 5 heteroatoms. The number of thiocarbonyl (C=S) groups is 1. The molecule has 1 fully saturated rings. The largest absolute Gasteiger partial charge is 0.359 e. The van der Waals surface area contributed by atoms with Gasteiger partial charge in [0.05, 0.1) is 16.3 Å². The summed E-state index contributed by atoms with van der Waals surface area (Å²) in [6, 6.07) is 8.63. The van der Waals surface area contributed by atoms with Crippen LogP contribution in [-0.2, 0) is 0 Å². The van der Waals surface area contributed by atoms with E-state index in [-0.39, 0.29) is 0 Å². The Morgan fingerprint density at radius 3 is 3.14 bits per heavy atom. The molecule has 1 saturated heterocycles. The van der Waals surface area contributed by atoms with Crippen molar-refractivity contribution in [3.05, 3.63) is 41.9 Å². The van der Waals surface area contributed by atoms with E-state index in [4.69, 9.17) is 17.2 Å². The molecule has 21 heavy (non-hydrogen) atoms. The Morgan fingerprint density at radius 2 is 2.33 bits per heavy atom. The van der Waals surface area contributed by atoms with E-state index < -0.39 is 0 Å². The summed E-state index contributed by atoms with van der Waals surface area (Å²) in [5.74, 6) is 0. The highest BCUT2D eigenvalue weighted by molar-refractivity contribution is 7.80. The lowest BCUT2D eigenvalue weighted by molar-refractivity contribution is 0.242. The normalized spacial score (nSPS) is 18.7. The monoisotopic (exact) mass is 317 g/mol. The molecule has 1 aliphatic heterocycles. The Hall–Kier alpha value is -1.46. The Morgan fingerprint density at radius 1 is 1.48 bits per heavy atom. The molecule has 1 N–H and O–H groups in total. The number of aromatic nitrogens is 1. The van der Waals surface area contributed by atoms with E-state index in [1.54, 1.807) is 11.3 Å². The molecule has 0 bridgehead atoms. The molecule has 0 amide bonds. The summed E-state index contributed by atoms with van der Waals surface area (Å²) in [7, 11) is 0. The SMILES string of the molecule is C=CCNC(=S)N1CCCC[C@@H]1c1nc2ccccc2s1. The Balaban J connectivity index is 1.86. The molecule has 1 aliphatic rings. The first-order valence-corrected chi connectivity index (χ1v) is 8.53. The van der Waals surface area contributed by atoms with Gasteiger partial charge in [0.25, 0.3) is 0 Å². The lowest BCUT2D eigenvalue weighted by atomic mass is 10.0. The van der Waals surface area contributed by atoms with Crippen LogP contribution in [0.5, 0.6) is 0 Å². The molecule has 0 aliphatic carbocycles. The number of fused-ring (bicyclic) bond motifs is 1. The first-order valence-electron chi connectivity index (χ1n) is 7.30. The Labute approximate surface area is 134 Å². The molecule has 0 spiro atoms. The molecule has 3 nitrogen and oxygen atoms in total. The van der Waals surface area contributed by atoms with E-state index in [9.17, 15) is 0 Å². The third-order valence-corrected chi connectivity index (χ3v) is 5.27. The van der Waals surface area contributed by atoms with Crippen LogP contribution >= 0.6 is 23.6 Å². The van der Waals surface area contributed by atoms with Crippen LogP contribution in [-0.4, -0.2) is 28.1 Å². The predicted octanol–water partition coefficient (Wildman–Crippen LogP) is 3.88. The molecule has 2 heterocycles. The highest BCUT2D eigenvalue weighted by Gasteiger charge is 2.28. The minimum Gasteiger partial charge on any atom is -0.359 e. The first-order chi connectivity index (χ1) is 10.3. The standard InChI is InChI=1S/C16H19N3S2/c1-2-10-17-16(20)19-11-6-5-8-13(19)15-18-12-7-3-4-9-14(12)21-15/h2-4,7,9,13H,1,5-6,8,10-11H2,(H,17,20)/t13-/m1/s1. The van der Waals surface area contributed by atoms with Crippen LogP contribution in [0.3, 0.4) is 0 Å². The van der Waals surface area contributed by atoms with Gasteiger partial charge >= 0.3 is 0 Å². The molecule has 0 saturated carbocycles. The van der Waals surface area contributed by atoms with Crippen molar-refractivity contribution in [3.63, 3.8) is 0 Å². The molecule has 2 aromatic rings. The van der Waals surface area contributed by atoms with Gasteiger partial charge < -0.3 is 10.2 Å². The molecule has 3 rings (SSSR count). The Kier molecular flexibility index (Phi) is 4.51. The molecule has 1 atom stereocenters. The molecular weight excluding hydrogens is 298 g/mol. The zero-order valence-corrected chi connectivity index (χ0v) is 13.6. The van der Waals surface area contributed by atoms with E-state index in [1.807, 2.05) is 12.1 Å². The van der Waals surface area contributed by atoms with Gasteiger partial charge in [0, 0.05) is 13.1 Å². The number of benzene rings is 1. The van der Waals surface area contributed by atoms with Gasteiger partial charge in [0.15, 0.2) is 5.11 Å². The van der Waals surface area contributed by atoms with Crippen LogP contribution in [0.25, 0.3) is 10.2 Å². The number of piperidine rings is 1. The zero-order chi connectivity index (χ0) is 14.7. The molecule has 0 radical (unpaired) electrons. The summed E-state index contributed by atoms with van der Waals surface area (Å²) in [5.41, 5.74) is 1.09. The fourth-order valence-corrected chi connectivity index (χ4v) is 4.14. The Bertz CT molecular complexity index is 617. The smallest absolute Gasteiger partial charge is 0.169 e. The summed E-state index contributed by atoms with van der Waals surface area (Å²) in [4.78, 5) is 7.11. The number of nitrogens with one attached hydrogen (secondary N) is 1. The first kappa shape index (κ1) is 14.5. The summed E-state index contributed by atoms with van der Waals surface area (Å²) in [5, 5.41) is 5.25.